The lowest BCUT2D eigenvalue weighted by Gasteiger charge is -2.25. The van der Waals surface area contributed by atoms with Gasteiger partial charge in [0.1, 0.15) is 12.0 Å². The number of hydrogen-bond acceptors (Lipinski definition) is 5. The first kappa shape index (κ1) is 13.5. The molecule has 5 nitrogen and oxygen atoms in total. The van der Waals surface area contributed by atoms with Crippen molar-refractivity contribution in [3.63, 3.8) is 0 Å². The first-order valence-corrected chi connectivity index (χ1v) is 6.45. The van der Waals surface area contributed by atoms with Gasteiger partial charge in [-0.3, -0.25) is 9.98 Å². The van der Waals surface area contributed by atoms with Crippen LogP contribution in [0, 0.1) is 0 Å². The largest absolute Gasteiger partial charge is 0.506 e. The van der Waals surface area contributed by atoms with Crippen LogP contribution >= 0.6 is 0 Å². The third-order valence-corrected chi connectivity index (χ3v) is 2.91. The monoisotopic (exact) mass is 261 g/mol. The zero-order valence-electron chi connectivity index (χ0n) is 11.0. The molecule has 0 aromatic carbocycles. The van der Waals surface area contributed by atoms with E-state index in [9.17, 15) is 5.11 Å². The van der Waals surface area contributed by atoms with Crippen LogP contribution in [0.4, 0.5) is 0 Å². The second-order valence-corrected chi connectivity index (χ2v) is 4.39. The molecule has 102 valence electrons. The summed E-state index contributed by atoms with van der Waals surface area (Å²) in [5.74, 6) is 0.154. The van der Waals surface area contributed by atoms with E-state index in [1.807, 2.05) is 6.08 Å². The molecule has 5 heteroatoms. The van der Waals surface area contributed by atoms with Crippen LogP contribution in [0.2, 0.25) is 0 Å². The van der Waals surface area contributed by atoms with Crippen molar-refractivity contribution in [3.8, 4) is 5.75 Å². The Morgan fingerprint density at radius 2 is 2.42 bits per heavy atom. The van der Waals surface area contributed by atoms with Gasteiger partial charge in [0.15, 0.2) is 0 Å². The van der Waals surface area contributed by atoms with E-state index in [1.165, 1.54) is 6.20 Å². The molecule has 2 N–H and O–H groups in total. The number of aromatic nitrogens is 1. The Kier molecular flexibility index (Phi) is 4.92. The van der Waals surface area contributed by atoms with Gasteiger partial charge in [-0.15, -0.1) is 0 Å². The number of ether oxygens (including phenoxy) is 1. The molecule has 0 saturated carbocycles. The van der Waals surface area contributed by atoms with Gasteiger partial charge in [0.25, 0.3) is 0 Å². The van der Waals surface area contributed by atoms with Gasteiger partial charge in [0.05, 0.1) is 17.6 Å². The van der Waals surface area contributed by atoms with Gasteiger partial charge in [-0.1, -0.05) is 0 Å². The Bertz CT molecular complexity index is 448. The van der Waals surface area contributed by atoms with Crippen molar-refractivity contribution in [3.05, 3.63) is 30.1 Å². The highest BCUT2D eigenvalue weighted by atomic mass is 16.5. The number of allylic oxidation sites excluding steroid dienone is 1. The van der Waals surface area contributed by atoms with Gasteiger partial charge in [0, 0.05) is 19.9 Å². The van der Waals surface area contributed by atoms with Crippen molar-refractivity contribution in [2.24, 2.45) is 4.99 Å². The quantitative estimate of drug-likeness (QED) is 0.813. The zero-order valence-corrected chi connectivity index (χ0v) is 11.0. The Balaban J connectivity index is 2.13. The summed E-state index contributed by atoms with van der Waals surface area (Å²) in [6.07, 6.45) is 8.27. The maximum absolute atomic E-state index is 9.28. The smallest absolute Gasteiger partial charge is 0.133 e. The maximum Gasteiger partial charge on any atom is 0.133 e. The van der Waals surface area contributed by atoms with Crippen molar-refractivity contribution in [2.45, 2.75) is 25.5 Å². The summed E-state index contributed by atoms with van der Waals surface area (Å²) >= 11 is 0. The predicted octanol–water partition coefficient (Wildman–Crippen LogP) is 1.94. The summed E-state index contributed by atoms with van der Waals surface area (Å²) in [4.78, 5) is 8.15. The molecule has 1 aliphatic rings. The Hall–Kier alpha value is -1.88. The van der Waals surface area contributed by atoms with Gasteiger partial charge in [-0.25, -0.2) is 0 Å². The van der Waals surface area contributed by atoms with E-state index in [1.54, 1.807) is 25.4 Å². The fourth-order valence-electron chi connectivity index (χ4n) is 1.93. The first-order chi connectivity index (χ1) is 9.29. The molecule has 2 rings (SSSR count). The summed E-state index contributed by atoms with van der Waals surface area (Å²) in [5.41, 5.74) is 1.60. The lowest BCUT2D eigenvalue weighted by atomic mass is 10.1. The third-order valence-electron chi connectivity index (χ3n) is 2.91. The van der Waals surface area contributed by atoms with E-state index in [0.29, 0.717) is 0 Å². The van der Waals surface area contributed by atoms with Crippen molar-refractivity contribution < 1.29 is 9.84 Å². The summed E-state index contributed by atoms with van der Waals surface area (Å²) < 4.78 is 5.66. The molecule has 0 radical (unpaired) electrons. The summed E-state index contributed by atoms with van der Waals surface area (Å²) in [5, 5.41) is 12.6. The van der Waals surface area contributed by atoms with Crippen LogP contribution in [0.1, 0.15) is 25.0 Å². The average Bonchev–Trinajstić information content (AvgIpc) is 2.45. The molecule has 19 heavy (non-hydrogen) atoms. The van der Waals surface area contributed by atoms with Gasteiger partial charge in [-0.05, 0) is 37.5 Å². The molecular weight excluding hydrogens is 242 g/mol. The lowest BCUT2D eigenvalue weighted by Crippen LogP contribution is -2.33. The van der Waals surface area contributed by atoms with E-state index in [4.69, 9.17) is 4.74 Å². The van der Waals surface area contributed by atoms with E-state index in [-0.39, 0.29) is 12.0 Å². The zero-order chi connectivity index (χ0) is 13.5. The van der Waals surface area contributed by atoms with Crippen LogP contribution in [0.3, 0.4) is 0 Å². The number of rotatable bonds is 4. The van der Waals surface area contributed by atoms with Gasteiger partial charge in [0.2, 0.25) is 0 Å². The van der Waals surface area contributed by atoms with Crippen molar-refractivity contribution in [1.29, 1.82) is 0 Å². The van der Waals surface area contributed by atoms with Crippen molar-refractivity contribution in [2.75, 3.05) is 13.7 Å². The molecule has 1 aliphatic heterocycles. The summed E-state index contributed by atoms with van der Waals surface area (Å²) in [6, 6.07) is 3.38. The molecule has 1 aromatic heterocycles. The normalized spacial score (nSPS) is 20.7. The first-order valence-electron chi connectivity index (χ1n) is 6.45. The predicted molar refractivity (Wildman–Crippen MR) is 75.0 cm³/mol. The highest BCUT2D eigenvalue weighted by Gasteiger charge is 2.15. The van der Waals surface area contributed by atoms with Crippen LogP contribution in [-0.2, 0) is 4.74 Å². The molecular formula is C14H19N3O2. The maximum atomic E-state index is 9.28. The second kappa shape index (κ2) is 6.89. The summed E-state index contributed by atoms with van der Waals surface area (Å²) in [6.45, 7) is 0.788. The Morgan fingerprint density at radius 3 is 3.05 bits per heavy atom. The number of aliphatic imine (C=N–C) groups is 1. The van der Waals surface area contributed by atoms with Crippen LogP contribution < -0.4 is 5.32 Å². The van der Waals surface area contributed by atoms with Crippen LogP contribution in [-0.4, -0.2) is 36.2 Å². The van der Waals surface area contributed by atoms with E-state index in [0.717, 1.165) is 37.3 Å². The van der Waals surface area contributed by atoms with E-state index < -0.39 is 0 Å². The molecule has 1 unspecified atom stereocenters. The highest BCUT2D eigenvalue weighted by Crippen LogP contribution is 2.17. The molecule has 1 fully saturated rings. The molecule has 1 atom stereocenters. The number of pyridine rings is 1. The number of aromatic hydroxyl groups is 1. The Morgan fingerprint density at radius 1 is 1.53 bits per heavy atom. The van der Waals surface area contributed by atoms with E-state index >= 15 is 0 Å². The van der Waals surface area contributed by atoms with Crippen LogP contribution in [0.5, 0.6) is 5.75 Å². The number of nitrogens with zero attached hydrogens (tertiary/aromatic N) is 2. The lowest BCUT2D eigenvalue weighted by molar-refractivity contribution is 0.00528. The third kappa shape index (κ3) is 4.06. The molecule has 0 amide bonds. The topological polar surface area (TPSA) is 66.7 Å². The fraction of sp³-hybridized carbons (Fsp3) is 0.429. The number of hydrogen-bond donors (Lipinski definition) is 2. The van der Waals surface area contributed by atoms with Gasteiger partial charge in [-0.2, -0.15) is 0 Å². The highest BCUT2D eigenvalue weighted by molar-refractivity contribution is 5.82. The summed E-state index contributed by atoms with van der Waals surface area (Å²) in [7, 11) is 1.72. The van der Waals surface area contributed by atoms with Crippen molar-refractivity contribution in [1.82, 2.24) is 10.3 Å². The van der Waals surface area contributed by atoms with Crippen LogP contribution in [0.15, 0.2) is 29.4 Å². The van der Waals surface area contributed by atoms with Crippen molar-refractivity contribution >= 4 is 11.9 Å². The minimum absolute atomic E-state index is 0.0147. The minimum Gasteiger partial charge on any atom is -0.506 e. The molecule has 0 spiro atoms. The van der Waals surface area contributed by atoms with E-state index in [2.05, 4.69) is 15.3 Å². The number of nitrogens with one attached hydrogen (secondary N) is 1. The molecule has 0 bridgehead atoms. The molecule has 2 heterocycles. The Labute approximate surface area is 113 Å². The average molecular weight is 261 g/mol. The van der Waals surface area contributed by atoms with Gasteiger partial charge < -0.3 is 15.2 Å². The van der Waals surface area contributed by atoms with Gasteiger partial charge >= 0.3 is 0 Å². The standard InChI is InChI=1S/C14H19N3O2/c1-15-8-7-13(12-6-5-11(18)10-16-12)17-14-4-2-3-9-19-14/h5-8,10,14,17-18H,2-4,9H2,1H3/b13-7-,15-8-. The molecule has 1 aromatic rings. The second-order valence-electron chi connectivity index (χ2n) is 4.39. The minimum atomic E-state index is 0.0147. The van der Waals surface area contributed by atoms with Crippen LogP contribution in [0.25, 0.3) is 5.70 Å². The fourth-order valence-corrected chi connectivity index (χ4v) is 1.93. The SMILES string of the molecule is C/N=C\C=C(/NC1CCCCO1)c1ccc(O)cn1. The molecule has 1 saturated heterocycles. The molecule has 0 aliphatic carbocycles.